The van der Waals surface area contributed by atoms with Crippen molar-refractivity contribution in [3.63, 3.8) is 0 Å². The van der Waals surface area contributed by atoms with Gasteiger partial charge in [0.25, 0.3) is 5.91 Å². The fraction of sp³-hybridized carbons (Fsp3) is 0.347. The molecule has 0 spiro atoms. The number of rotatable bonds is 11. The zero-order chi connectivity index (χ0) is 43.5. The molecule has 4 atom stereocenters. The molecule has 8 rings (SSSR count). The Morgan fingerprint density at radius 1 is 0.790 bits per heavy atom. The van der Waals surface area contributed by atoms with Crippen LogP contribution in [0.4, 0.5) is 9.59 Å². The first-order valence-corrected chi connectivity index (χ1v) is 21.3. The van der Waals surface area contributed by atoms with E-state index in [9.17, 15) is 19.2 Å². The summed E-state index contributed by atoms with van der Waals surface area (Å²) in [5.74, 6) is 0.257. The average Bonchev–Trinajstić information content (AvgIpc) is 4.14. The maximum absolute atomic E-state index is 14.0. The molecule has 13 nitrogen and oxygen atoms in total. The third-order valence-electron chi connectivity index (χ3n) is 12.2. The van der Waals surface area contributed by atoms with Crippen molar-refractivity contribution in [3.8, 4) is 22.4 Å². The summed E-state index contributed by atoms with van der Waals surface area (Å²) in [5, 5.41) is 4.91. The highest BCUT2D eigenvalue weighted by molar-refractivity contribution is 6.04. The van der Waals surface area contributed by atoms with Gasteiger partial charge in [0, 0.05) is 56.6 Å². The molecule has 2 N–H and O–H groups in total. The molecule has 62 heavy (non-hydrogen) atoms. The number of H-pyrrole nitrogens is 1. The largest absolute Gasteiger partial charge is 0.453 e. The van der Waals surface area contributed by atoms with Crippen LogP contribution in [0, 0.1) is 5.92 Å². The lowest BCUT2D eigenvalue weighted by atomic mass is 9.95. The smallest absolute Gasteiger partial charge is 0.410 e. The highest BCUT2D eigenvalue weighted by Gasteiger charge is 2.40. The van der Waals surface area contributed by atoms with Gasteiger partial charge in [-0.05, 0) is 76.8 Å². The van der Waals surface area contributed by atoms with Crippen LogP contribution < -0.4 is 5.32 Å². The van der Waals surface area contributed by atoms with Crippen molar-refractivity contribution in [2.75, 3.05) is 34.3 Å². The van der Waals surface area contributed by atoms with Crippen LogP contribution >= 0.6 is 0 Å². The molecule has 2 saturated heterocycles. The molecule has 4 heterocycles. The number of imidazole rings is 1. The second-order valence-electron chi connectivity index (χ2n) is 16.8. The quantitative estimate of drug-likeness (QED) is 0.135. The molecular formula is C49H53N7O6. The summed E-state index contributed by atoms with van der Waals surface area (Å²) in [5.41, 5.74) is 7.84. The van der Waals surface area contributed by atoms with Crippen molar-refractivity contribution in [2.24, 2.45) is 10.9 Å². The molecule has 320 valence electrons. The number of methoxy groups -OCH3 is 1. The minimum Gasteiger partial charge on any atom is -0.453 e. The van der Waals surface area contributed by atoms with Crippen LogP contribution in [0.2, 0.25) is 0 Å². The maximum Gasteiger partial charge on any atom is 0.410 e. The third kappa shape index (κ3) is 8.70. The SMILES string of the molecule is COC(=O)N[C@H](C(=O)N1CCC[C@H]1c1ncc(-c2ccc3cc(-c4ccc(C5=CN=C([C@@H]6CCCN6C(=O)[C@@H](OC(=O)N(C)C)c6ccccc6)C5)cc4)ccc3c2)[nH]1)C(C)C. The van der Waals surface area contributed by atoms with E-state index in [-0.39, 0.29) is 29.8 Å². The van der Waals surface area contributed by atoms with Crippen molar-refractivity contribution < 1.29 is 28.7 Å². The zero-order valence-electron chi connectivity index (χ0n) is 35.8. The van der Waals surface area contributed by atoms with Crippen molar-refractivity contribution >= 4 is 46.1 Å². The van der Waals surface area contributed by atoms with E-state index < -0.39 is 24.3 Å². The van der Waals surface area contributed by atoms with Gasteiger partial charge in [-0.15, -0.1) is 0 Å². The Morgan fingerprint density at radius 2 is 1.42 bits per heavy atom. The predicted octanol–water partition coefficient (Wildman–Crippen LogP) is 8.56. The van der Waals surface area contributed by atoms with Gasteiger partial charge in [-0.25, -0.2) is 14.6 Å². The molecule has 3 aliphatic rings. The van der Waals surface area contributed by atoms with Crippen LogP contribution in [0.3, 0.4) is 0 Å². The van der Waals surface area contributed by atoms with Crippen molar-refractivity contribution in [3.05, 3.63) is 120 Å². The third-order valence-corrected chi connectivity index (χ3v) is 12.2. The number of aromatic amines is 1. The minimum atomic E-state index is -1.04. The number of carbonyl (C=O) groups excluding carboxylic acids is 4. The number of aromatic nitrogens is 2. The van der Waals surface area contributed by atoms with Gasteiger partial charge >= 0.3 is 12.2 Å². The van der Waals surface area contributed by atoms with Crippen LogP contribution in [0.1, 0.15) is 75.0 Å². The highest BCUT2D eigenvalue weighted by Crippen LogP contribution is 2.36. The van der Waals surface area contributed by atoms with Crippen molar-refractivity contribution in [1.29, 1.82) is 0 Å². The number of likely N-dealkylation sites (tertiary alicyclic amines) is 2. The molecule has 0 bridgehead atoms. The summed E-state index contributed by atoms with van der Waals surface area (Å²) in [6, 6.07) is 29.5. The summed E-state index contributed by atoms with van der Waals surface area (Å²) >= 11 is 0. The number of fused-ring (bicyclic) bond motifs is 1. The average molecular weight is 836 g/mol. The van der Waals surface area contributed by atoms with Gasteiger partial charge in [-0.2, -0.15) is 0 Å². The number of alkyl carbamates (subject to hydrolysis) is 1. The van der Waals surface area contributed by atoms with Crippen molar-refractivity contribution in [2.45, 2.75) is 70.2 Å². The number of allylic oxidation sites excluding steroid dienone is 1. The predicted molar refractivity (Wildman–Crippen MR) is 239 cm³/mol. The lowest BCUT2D eigenvalue weighted by Crippen LogP contribution is -2.51. The van der Waals surface area contributed by atoms with Crippen LogP contribution in [-0.2, 0) is 19.1 Å². The van der Waals surface area contributed by atoms with E-state index in [0.29, 0.717) is 25.1 Å². The summed E-state index contributed by atoms with van der Waals surface area (Å²) in [4.78, 5) is 70.3. The Bertz CT molecular complexity index is 2530. The van der Waals surface area contributed by atoms with E-state index in [0.717, 1.165) is 81.5 Å². The second-order valence-corrected chi connectivity index (χ2v) is 16.8. The Hall–Kier alpha value is -6.76. The van der Waals surface area contributed by atoms with E-state index in [2.05, 4.69) is 71.0 Å². The van der Waals surface area contributed by atoms with E-state index >= 15 is 0 Å². The second kappa shape index (κ2) is 18.1. The monoisotopic (exact) mass is 835 g/mol. The molecule has 4 aromatic carbocycles. The molecule has 4 amide bonds. The van der Waals surface area contributed by atoms with Crippen LogP contribution in [0.5, 0.6) is 0 Å². The topological polar surface area (TPSA) is 150 Å². The molecule has 0 unspecified atom stereocenters. The molecular weight excluding hydrogens is 783 g/mol. The van der Waals surface area contributed by atoms with Gasteiger partial charge in [0.2, 0.25) is 12.0 Å². The van der Waals surface area contributed by atoms with Gasteiger partial charge in [-0.1, -0.05) is 92.7 Å². The van der Waals surface area contributed by atoms with E-state index in [1.165, 1.54) is 12.0 Å². The summed E-state index contributed by atoms with van der Waals surface area (Å²) in [6.07, 6.45) is 5.44. The van der Waals surface area contributed by atoms with Crippen LogP contribution in [0.15, 0.2) is 108 Å². The number of ether oxygens (including phenoxy) is 2. The fourth-order valence-corrected chi connectivity index (χ4v) is 8.77. The number of nitrogens with zero attached hydrogens (tertiary/aromatic N) is 5. The molecule has 0 aliphatic carbocycles. The Kier molecular flexibility index (Phi) is 12.2. The molecule has 1 aromatic heterocycles. The Balaban J connectivity index is 0.914. The van der Waals surface area contributed by atoms with Gasteiger partial charge in [-0.3, -0.25) is 14.6 Å². The van der Waals surface area contributed by atoms with E-state index in [4.69, 9.17) is 19.5 Å². The van der Waals surface area contributed by atoms with Crippen molar-refractivity contribution in [1.82, 2.24) is 30.0 Å². The number of hydrogen-bond acceptors (Lipinski definition) is 8. The number of carbonyl (C=O) groups is 4. The molecule has 13 heteroatoms. The number of hydrogen-bond donors (Lipinski definition) is 2. The number of aliphatic imine (C=N–C) groups is 1. The Labute approximate surface area is 361 Å². The number of benzene rings is 4. The van der Waals surface area contributed by atoms with E-state index in [1.807, 2.05) is 66.4 Å². The fourth-order valence-electron chi connectivity index (χ4n) is 8.77. The van der Waals surface area contributed by atoms with Gasteiger partial charge in [0.05, 0.1) is 31.1 Å². The maximum atomic E-state index is 14.0. The standard InChI is InChI=1S/C49H53N7O6/c1-30(2)43(53-48(59)61-5)46(57)56-24-10-14-42(56)45-51-29-40(52-45)37-22-21-35-25-34(19-20-36(35)26-37)31-15-17-32(18-16-31)38-27-39(50-28-38)41-13-9-23-55(41)47(58)44(62-49(60)54(3)4)33-11-7-6-8-12-33/h6-8,11-12,15-22,25-26,28-30,41-44H,9-10,13-14,23-24,27H2,1-5H3,(H,51,52)(H,53,59)/t41-,42-,43-,44-/m0/s1. The first-order valence-electron chi connectivity index (χ1n) is 21.3. The molecule has 0 saturated carbocycles. The number of nitrogens with one attached hydrogen (secondary N) is 2. The van der Waals surface area contributed by atoms with Gasteiger partial charge in [0.15, 0.2) is 0 Å². The first-order chi connectivity index (χ1) is 30.0. The Morgan fingerprint density at radius 3 is 2.10 bits per heavy atom. The number of amides is 4. The normalized spacial score (nSPS) is 18.4. The summed E-state index contributed by atoms with van der Waals surface area (Å²) < 4.78 is 10.5. The first kappa shape index (κ1) is 42.0. The highest BCUT2D eigenvalue weighted by atomic mass is 16.6. The molecule has 3 aliphatic heterocycles. The van der Waals surface area contributed by atoms with E-state index in [1.54, 1.807) is 14.1 Å². The summed E-state index contributed by atoms with van der Waals surface area (Å²) in [7, 11) is 4.50. The van der Waals surface area contributed by atoms with Crippen LogP contribution in [-0.4, -0.2) is 101 Å². The minimum absolute atomic E-state index is 0.106. The lowest BCUT2D eigenvalue weighted by Gasteiger charge is -2.30. The molecule has 5 aromatic rings. The van der Waals surface area contributed by atoms with Gasteiger partial charge in [0.1, 0.15) is 11.9 Å². The molecule has 0 radical (unpaired) electrons. The molecule has 2 fully saturated rings. The zero-order valence-corrected chi connectivity index (χ0v) is 35.8. The van der Waals surface area contributed by atoms with Crippen LogP contribution in [0.25, 0.3) is 38.7 Å². The van der Waals surface area contributed by atoms with Gasteiger partial charge < -0.3 is 34.5 Å². The lowest BCUT2D eigenvalue weighted by molar-refractivity contribution is -0.141. The summed E-state index contributed by atoms with van der Waals surface area (Å²) in [6.45, 7) is 4.99.